The number of nitrogens with one attached hydrogen (secondary N) is 1. The molecule has 0 aliphatic carbocycles. The Kier molecular flexibility index (Phi) is 5.21. The van der Waals surface area contributed by atoms with E-state index in [9.17, 15) is 4.79 Å². The molecule has 5 N–H and O–H groups in total. The first-order valence-corrected chi connectivity index (χ1v) is 9.41. The normalized spacial score (nSPS) is 10.8. The minimum atomic E-state index is -0.566. The summed E-state index contributed by atoms with van der Waals surface area (Å²) in [7, 11) is 1.50. The van der Waals surface area contributed by atoms with E-state index in [1.165, 1.54) is 23.9 Å². The van der Waals surface area contributed by atoms with Crippen LogP contribution in [-0.4, -0.2) is 28.0 Å². The average Bonchev–Trinajstić information content (AvgIpc) is 3.19. The van der Waals surface area contributed by atoms with E-state index in [2.05, 4.69) is 46.0 Å². The molecule has 4 aromatic rings. The second-order valence-electron chi connectivity index (χ2n) is 6.95. The Bertz CT molecular complexity index is 1220. The molecule has 1 heterocycles. The van der Waals surface area contributed by atoms with Gasteiger partial charge >= 0.3 is 0 Å². The maximum absolute atomic E-state index is 11.4. The number of primary amides is 1. The second kappa shape index (κ2) is 8.12. The van der Waals surface area contributed by atoms with Gasteiger partial charge in [0, 0.05) is 5.56 Å². The zero-order valence-corrected chi connectivity index (χ0v) is 16.5. The molecule has 3 aromatic carbocycles. The molecule has 0 saturated carbocycles. The van der Waals surface area contributed by atoms with E-state index in [4.69, 9.17) is 16.2 Å². The highest BCUT2D eigenvalue weighted by molar-refractivity contribution is 5.96. The fourth-order valence-corrected chi connectivity index (χ4v) is 3.33. The molecule has 0 saturated heterocycles. The third kappa shape index (κ3) is 4.02. The Balaban J connectivity index is 1.46. The Morgan fingerprint density at radius 2 is 1.93 bits per heavy atom. The van der Waals surface area contributed by atoms with Crippen LogP contribution in [0.3, 0.4) is 0 Å². The number of amides is 1. The van der Waals surface area contributed by atoms with E-state index in [-0.39, 0.29) is 5.56 Å². The van der Waals surface area contributed by atoms with Gasteiger partial charge in [0.1, 0.15) is 17.1 Å². The number of ether oxygens (including phenoxy) is 1. The first-order chi connectivity index (χ1) is 14.5. The lowest BCUT2D eigenvalue weighted by molar-refractivity contribution is 0.1000. The van der Waals surface area contributed by atoms with Crippen molar-refractivity contribution in [3.63, 3.8) is 0 Å². The molecule has 0 radical (unpaired) electrons. The first kappa shape index (κ1) is 19.3. The minimum Gasteiger partial charge on any atom is -0.494 e. The third-order valence-electron chi connectivity index (χ3n) is 4.83. The molecular formula is C22H22N6O2. The molecule has 0 atom stereocenters. The van der Waals surface area contributed by atoms with Crippen LogP contribution in [0.25, 0.3) is 10.8 Å². The predicted molar refractivity (Wildman–Crippen MR) is 116 cm³/mol. The number of carbonyl (C=O) groups is 1. The van der Waals surface area contributed by atoms with Crippen LogP contribution in [0.2, 0.25) is 0 Å². The van der Waals surface area contributed by atoms with Gasteiger partial charge < -0.3 is 21.5 Å². The van der Waals surface area contributed by atoms with Gasteiger partial charge in [0.15, 0.2) is 0 Å². The topological polar surface area (TPSA) is 121 Å². The van der Waals surface area contributed by atoms with E-state index < -0.39 is 5.91 Å². The van der Waals surface area contributed by atoms with Crippen molar-refractivity contribution in [3.8, 4) is 5.75 Å². The molecule has 152 valence electrons. The smallest absolute Gasteiger partial charge is 0.248 e. The SMILES string of the molecule is COc1cc(C(N)=O)cc(N)c1NCc1cn(Cc2ccc3ccccc3c2)nn1. The van der Waals surface area contributed by atoms with Crippen molar-refractivity contribution in [1.29, 1.82) is 0 Å². The van der Waals surface area contributed by atoms with E-state index in [0.717, 1.165) is 11.3 Å². The van der Waals surface area contributed by atoms with Gasteiger partial charge in [0.05, 0.1) is 32.1 Å². The van der Waals surface area contributed by atoms with Crippen LogP contribution >= 0.6 is 0 Å². The van der Waals surface area contributed by atoms with Crippen LogP contribution in [-0.2, 0) is 13.1 Å². The maximum atomic E-state index is 11.4. The van der Waals surface area contributed by atoms with E-state index in [0.29, 0.717) is 30.2 Å². The Labute approximate surface area is 173 Å². The molecule has 0 bridgehead atoms. The number of rotatable bonds is 7. The van der Waals surface area contributed by atoms with Crippen molar-refractivity contribution in [2.45, 2.75) is 13.1 Å². The molecule has 0 spiro atoms. The van der Waals surface area contributed by atoms with Crippen LogP contribution < -0.4 is 21.5 Å². The summed E-state index contributed by atoms with van der Waals surface area (Å²) in [5.74, 6) is -0.129. The molecule has 8 nitrogen and oxygen atoms in total. The van der Waals surface area contributed by atoms with Gasteiger partial charge in [0.25, 0.3) is 0 Å². The van der Waals surface area contributed by atoms with Crippen LogP contribution in [0.1, 0.15) is 21.6 Å². The number of hydrogen-bond donors (Lipinski definition) is 3. The van der Waals surface area contributed by atoms with Crippen LogP contribution in [0.5, 0.6) is 5.75 Å². The second-order valence-corrected chi connectivity index (χ2v) is 6.95. The fraction of sp³-hybridized carbons (Fsp3) is 0.136. The molecule has 4 rings (SSSR count). The number of anilines is 2. The number of nitrogen functional groups attached to an aromatic ring is 1. The van der Waals surface area contributed by atoms with Gasteiger partial charge in [-0.3, -0.25) is 4.79 Å². The highest BCUT2D eigenvalue weighted by atomic mass is 16.5. The van der Waals surface area contributed by atoms with Crippen LogP contribution in [0.4, 0.5) is 11.4 Å². The summed E-state index contributed by atoms with van der Waals surface area (Å²) in [4.78, 5) is 11.4. The zero-order chi connectivity index (χ0) is 21.1. The first-order valence-electron chi connectivity index (χ1n) is 9.41. The molecule has 1 aromatic heterocycles. The highest BCUT2D eigenvalue weighted by Gasteiger charge is 2.13. The molecule has 0 aliphatic rings. The van der Waals surface area contributed by atoms with Crippen LogP contribution in [0, 0.1) is 0 Å². The van der Waals surface area contributed by atoms with E-state index in [1.54, 1.807) is 10.7 Å². The van der Waals surface area contributed by atoms with Crippen molar-refractivity contribution in [3.05, 3.63) is 77.6 Å². The van der Waals surface area contributed by atoms with Crippen LogP contribution in [0.15, 0.2) is 60.8 Å². The monoisotopic (exact) mass is 402 g/mol. The standard InChI is InChI=1S/C22H22N6O2/c1-30-20-10-17(22(24)29)9-19(23)21(20)25-11-18-13-28(27-26-18)12-14-6-7-15-4-2-3-5-16(15)8-14/h2-10,13,25H,11-12,23H2,1H3,(H2,24,29). The van der Waals surface area contributed by atoms with Gasteiger partial charge in [-0.15, -0.1) is 5.10 Å². The van der Waals surface area contributed by atoms with Gasteiger partial charge in [-0.2, -0.15) is 0 Å². The summed E-state index contributed by atoms with van der Waals surface area (Å²) in [6, 6.07) is 17.7. The lowest BCUT2D eigenvalue weighted by Crippen LogP contribution is -2.13. The summed E-state index contributed by atoms with van der Waals surface area (Å²) < 4.78 is 7.12. The third-order valence-corrected chi connectivity index (χ3v) is 4.83. The van der Waals surface area contributed by atoms with E-state index >= 15 is 0 Å². The van der Waals surface area contributed by atoms with Gasteiger partial charge in [-0.1, -0.05) is 41.6 Å². The molecule has 8 heteroatoms. The molecule has 0 unspecified atom stereocenters. The zero-order valence-electron chi connectivity index (χ0n) is 16.5. The van der Waals surface area contributed by atoms with Gasteiger partial charge in [-0.25, -0.2) is 4.68 Å². The van der Waals surface area contributed by atoms with Crippen molar-refractivity contribution >= 4 is 28.1 Å². The number of nitrogens with zero attached hydrogens (tertiary/aromatic N) is 3. The molecular weight excluding hydrogens is 380 g/mol. The molecule has 0 aliphatic heterocycles. The Morgan fingerprint density at radius 3 is 2.70 bits per heavy atom. The maximum Gasteiger partial charge on any atom is 0.248 e. The number of aromatic nitrogens is 3. The van der Waals surface area contributed by atoms with Crippen molar-refractivity contribution in [1.82, 2.24) is 15.0 Å². The predicted octanol–water partition coefficient (Wildman–Crippen LogP) is 2.78. The Hall–Kier alpha value is -4.07. The van der Waals surface area contributed by atoms with E-state index in [1.807, 2.05) is 18.3 Å². The molecule has 1 amide bonds. The summed E-state index contributed by atoms with van der Waals surface area (Å²) in [6.45, 7) is 1.02. The fourth-order valence-electron chi connectivity index (χ4n) is 3.33. The molecule has 0 fully saturated rings. The summed E-state index contributed by atoms with van der Waals surface area (Å²) in [6.07, 6.45) is 1.88. The number of carbonyl (C=O) groups excluding carboxylic acids is 1. The van der Waals surface area contributed by atoms with Crippen molar-refractivity contribution < 1.29 is 9.53 Å². The van der Waals surface area contributed by atoms with Gasteiger partial charge in [0.2, 0.25) is 5.91 Å². The Morgan fingerprint density at radius 1 is 1.13 bits per heavy atom. The number of fused-ring (bicyclic) bond motifs is 1. The van der Waals surface area contributed by atoms with Crippen molar-refractivity contribution in [2.75, 3.05) is 18.2 Å². The number of methoxy groups -OCH3 is 1. The largest absolute Gasteiger partial charge is 0.494 e. The lowest BCUT2D eigenvalue weighted by atomic mass is 10.1. The average molecular weight is 402 g/mol. The minimum absolute atomic E-state index is 0.288. The summed E-state index contributed by atoms with van der Waals surface area (Å²) in [5.41, 5.74) is 14.5. The highest BCUT2D eigenvalue weighted by Crippen LogP contribution is 2.32. The number of nitrogens with two attached hydrogens (primary N) is 2. The summed E-state index contributed by atoms with van der Waals surface area (Å²) >= 11 is 0. The quantitative estimate of drug-likeness (QED) is 0.409. The number of hydrogen-bond acceptors (Lipinski definition) is 6. The van der Waals surface area contributed by atoms with Crippen molar-refractivity contribution in [2.24, 2.45) is 5.73 Å². The summed E-state index contributed by atoms with van der Waals surface area (Å²) in [5, 5.41) is 14.0. The number of benzene rings is 3. The lowest BCUT2D eigenvalue weighted by Gasteiger charge is -2.14. The molecule has 30 heavy (non-hydrogen) atoms. The van der Waals surface area contributed by atoms with Gasteiger partial charge in [-0.05, 0) is 34.5 Å².